The molecule has 0 amide bonds. The predicted octanol–water partition coefficient (Wildman–Crippen LogP) is 4.53. The van der Waals surface area contributed by atoms with Gasteiger partial charge in [-0.15, -0.1) is 0 Å². The van der Waals surface area contributed by atoms with Gasteiger partial charge in [-0.3, -0.25) is 4.98 Å². The van der Waals surface area contributed by atoms with Gasteiger partial charge in [-0.2, -0.15) is 26.3 Å². The van der Waals surface area contributed by atoms with Gasteiger partial charge in [0.1, 0.15) is 16.7 Å². The number of nitrogens with zero attached hydrogens (tertiary/aromatic N) is 1. The molecular weight excluding hydrogens is 358 g/mol. The third-order valence-corrected chi connectivity index (χ3v) is 4.36. The molecule has 0 aliphatic rings. The minimum absolute atomic E-state index is 0.0550. The van der Waals surface area contributed by atoms with Crippen molar-refractivity contribution in [1.82, 2.24) is 9.71 Å². The Labute approximate surface area is 137 Å². The standard InChI is InChI=1S/C14H16F6N2OS/c1-5-10(22-24(23)12(2,3)4)8-7-21-11(14(18,19)20)6-9(8)13(15,16)17/h5-7,22H,1-4H3/b10-5-/t24-/m0/s1. The van der Waals surface area contributed by atoms with Gasteiger partial charge in [-0.1, -0.05) is 6.08 Å². The van der Waals surface area contributed by atoms with Gasteiger partial charge in [0.15, 0.2) is 0 Å². The first-order valence-electron chi connectivity index (χ1n) is 6.67. The van der Waals surface area contributed by atoms with E-state index in [1.54, 1.807) is 20.8 Å². The maximum absolute atomic E-state index is 13.2. The summed E-state index contributed by atoms with van der Waals surface area (Å²) in [6.45, 7) is 6.16. The summed E-state index contributed by atoms with van der Waals surface area (Å²) in [6.07, 6.45) is -8.36. The molecule has 0 aliphatic heterocycles. The molecule has 0 radical (unpaired) electrons. The highest BCUT2D eigenvalue weighted by molar-refractivity contribution is 7.84. The molecule has 136 valence electrons. The predicted molar refractivity (Wildman–Crippen MR) is 78.9 cm³/mol. The third kappa shape index (κ3) is 4.96. The number of hydrogen-bond donors (Lipinski definition) is 1. The van der Waals surface area contributed by atoms with E-state index in [-0.39, 0.29) is 11.8 Å². The molecule has 0 fully saturated rings. The van der Waals surface area contributed by atoms with Gasteiger partial charge in [-0.25, -0.2) is 4.21 Å². The topological polar surface area (TPSA) is 42.0 Å². The van der Waals surface area contributed by atoms with Gasteiger partial charge >= 0.3 is 12.4 Å². The van der Waals surface area contributed by atoms with E-state index in [0.29, 0.717) is 6.20 Å². The van der Waals surface area contributed by atoms with Crippen LogP contribution in [-0.2, 0) is 23.3 Å². The van der Waals surface area contributed by atoms with Gasteiger partial charge in [-0.05, 0) is 33.8 Å². The van der Waals surface area contributed by atoms with Crippen molar-refractivity contribution in [3.8, 4) is 0 Å². The van der Waals surface area contributed by atoms with Gasteiger partial charge in [0.05, 0.1) is 16.0 Å². The van der Waals surface area contributed by atoms with Crippen molar-refractivity contribution >= 4 is 16.7 Å². The first-order valence-corrected chi connectivity index (χ1v) is 7.82. The lowest BCUT2D eigenvalue weighted by Gasteiger charge is -2.22. The molecule has 0 saturated heterocycles. The number of pyridine rings is 1. The number of hydrogen-bond acceptors (Lipinski definition) is 2. The number of allylic oxidation sites excluding steroid dienone is 1. The quantitative estimate of drug-likeness (QED) is 0.790. The molecule has 0 unspecified atom stereocenters. The van der Waals surface area contributed by atoms with Crippen LogP contribution in [0, 0.1) is 0 Å². The van der Waals surface area contributed by atoms with Crippen LogP contribution < -0.4 is 4.72 Å². The van der Waals surface area contributed by atoms with Crippen molar-refractivity contribution in [3.05, 3.63) is 35.2 Å². The van der Waals surface area contributed by atoms with Crippen LogP contribution in [0.2, 0.25) is 0 Å². The van der Waals surface area contributed by atoms with Crippen molar-refractivity contribution in [3.63, 3.8) is 0 Å². The van der Waals surface area contributed by atoms with Crippen molar-refractivity contribution in [2.75, 3.05) is 0 Å². The third-order valence-electron chi connectivity index (χ3n) is 2.84. The summed E-state index contributed by atoms with van der Waals surface area (Å²) in [5.74, 6) is 0. The normalized spacial score (nSPS) is 15.3. The summed E-state index contributed by atoms with van der Waals surface area (Å²) >= 11 is 0. The first-order chi connectivity index (χ1) is 10.7. The van der Waals surface area contributed by atoms with Crippen LogP contribution in [0.4, 0.5) is 26.3 Å². The van der Waals surface area contributed by atoms with Crippen LogP contribution in [0.1, 0.15) is 44.5 Å². The molecule has 0 spiro atoms. The highest BCUT2D eigenvalue weighted by Gasteiger charge is 2.40. The Kier molecular flexibility index (Phi) is 5.74. The number of alkyl halides is 6. The Hall–Kier alpha value is -1.58. The zero-order chi connectivity index (χ0) is 18.9. The molecule has 0 saturated carbocycles. The lowest BCUT2D eigenvalue weighted by Crippen LogP contribution is -2.33. The number of rotatable bonds is 3. The highest BCUT2D eigenvalue weighted by atomic mass is 32.2. The molecule has 24 heavy (non-hydrogen) atoms. The van der Waals surface area contributed by atoms with Gasteiger partial charge < -0.3 is 4.72 Å². The van der Waals surface area contributed by atoms with Gasteiger partial charge in [0.25, 0.3) is 0 Å². The second-order valence-electron chi connectivity index (χ2n) is 5.80. The number of nitrogens with one attached hydrogen (secondary N) is 1. The Morgan fingerprint density at radius 1 is 1.12 bits per heavy atom. The fraction of sp³-hybridized carbons (Fsp3) is 0.500. The molecule has 1 aromatic heterocycles. The van der Waals surface area contributed by atoms with E-state index < -0.39 is 44.9 Å². The van der Waals surface area contributed by atoms with E-state index in [4.69, 9.17) is 0 Å². The van der Waals surface area contributed by atoms with Crippen molar-refractivity contribution < 1.29 is 30.6 Å². The van der Waals surface area contributed by atoms with Crippen molar-refractivity contribution in [2.45, 2.75) is 44.8 Å². The molecule has 1 aromatic rings. The molecule has 0 aromatic carbocycles. The summed E-state index contributed by atoms with van der Waals surface area (Å²) in [4.78, 5) is 3.06. The molecule has 1 rings (SSSR count). The van der Waals surface area contributed by atoms with Crippen LogP contribution in [-0.4, -0.2) is 13.9 Å². The average Bonchev–Trinajstić information content (AvgIpc) is 2.40. The minimum atomic E-state index is -5.03. The SMILES string of the molecule is C/C=C(\N[S@@](=O)C(C)(C)C)c1cnc(C(F)(F)F)cc1C(F)(F)F. The Balaban J connectivity index is 3.44. The smallest absolute Gasteiger partial charge is 0.304 e. The Morgan fingerprint density at radius 2 is 1.67 bits per heavy atom. The molecule has 0 aliphatic carbocycles. The second-order valence-corrected chi connectivity index (χ2v) is 7.76. The minimum Gasteiger partial charge on any atom is -0.304 e. The van der Waals surface area contributed by atoms with Crippen LogP contribution in [0.3, 0.4) is 0 Å². The zero-order valence-electron chi connectivity index (χ0n) is 13.3. The second kappa shape index (κ2) is 6.73. The van der Waals surface area contributed by atoms with E-state index in [1.165, 1.54) is 13.0 Å². The molecule has 0 bridgehead atoms. The van der Waals surface area contributed by atoms with E-state index in [2.05, 4.69) is 9.71 Å². The zero-order valence-corrected chi connectivity index (χ0v) is 14.1. The molecular formula is C14H16F6N2OS. The monoisotopic (exact) mass is 374 g/mol. The van der Waals surface area contributed by atoms with E-state index in [0.717, 1.165) is 0 Å². The summed E-state index contributed by atoms with van der Waals surface area (Å²) in [6, 6.07) is -0.0550. The molecule has 3 nitrogen and oxygen atoms in total. The fourth-order valence-electron chi connectivity index (χ4n) is 1.58. The Morgan fingerprint density at radius 3 is 2.04 bits per heavy atom. The van der Waals surface area contributed by atoms with Crippen molar-refractivity contribution in [1.29, 1.82) is 0 Å². The molecule has 10 heteroatoms. The summed E-state index contributed by atoms with van der Waals surface area (Å²) in [5, 5.41) is 0. The lowest BCUT2D eigenvalue weighted by molar-refractivity contribution is -0.145. The van der Waals surface area contributed by atoms with Gasteiger partial charge in [0.2, 0.25) is 0 Å². The summed E-state index contributed by atoms with van der Waals surface area (Å²) in [7, 11) is -1.76. The van der Waals surface area contributed by atoms with Crippen molar-refractivity contribution in [2.24, 2.45) is 0 Å². The number of aromatic nitrogens is 1. The van der Waals surface area contributed by atoms with E-state index in [1.807, 2.05) is 0 Å². The first kappa shape index (κ1) is 20.5. The van der Waals surface area contributed by atoms with E-state index >= 15 is 0 Å². The molecule has 1 N–H and O–H groups in total. The fourth-order valence-corrected chi connectivity index (χ4v) is 2.32. The van der Waals surface area contributed by atoms with Crippen LogP contribution in [0.15, 0.2) is 18.3 Å². The largest absolute Gasteiger partial charge is 0.433 e. The Bertz CT molecular complexity index is 659. The maximum atomic E-state index is 13.2. The van der Waals surface area contributed by atoms with Gasteiger partial charge in [0, 0.05) is 11.8 Å². The number of halogens is 6. The lowest BCUT2D eigenvalue weighted by atomic mass is 10.1. The highest BCUT2D eigenvalue weighted by Crippen LogP contribution is 2.38. The van der Waals surface area contributed by atoms with Crippen LogP contribution in [0.5, 0.6) is 0 Å². The summed E-state index contributed by atoms with van der Waals surface area (Å²) in [5.41, 5.74) is -3.96. The van der Waals surface area contributed by atoms with Crippen LogP contribution >= 0.6 is 0 Å². The summed E-state index contributed by atoms with van der Waals surface area (Å²) < 4.78 is 91.1. The average molecular weight is 374 g/mol. The van der Waals surface area contributed by atoms with E-state index in [9.17, 15) is 30.6 Å². The maximum Gasteiger partial charge on any atom is 0.433 e. The molecule has 1 atom stereocenters. The molecule has 1 heterocycles. The van der Waals surface area contributed by atoms with Crippen LogP contribution in [0.25, 0.3) is 5.70 Å².